The van der Waals surface area contributed by atoms with E-state index in [1.165, 1.54) is 36.4 Å². The lowest BCUT2D eigenvalue weighted by molar-refractivity contribution is 0.0749. The molecule has 0 spiro atoms. The number of benzene rings is 2. The van der Waals surface area contributed by atoms with Crippen LogP contribution in [0.3, 0.4) is 0 Å². The third kappa shape index (κ3) is 4.84. The van der Waals surface area contributed by atoms with Gasteiger partial charge >= 0.3 is 0 Å². The second-order valence-electron chi connectivity index (χ2n) is 12.0. The summed E-state index contributed by atoms with van der Waals surface area (Å²) >= 11 is 0. The lowest BCUT2D eigenvalue weighted by atomic mass is 9.60. The lowest BCUT2D eigenvalue weighted by Gasteiger charge is -2.46. The van der Waals surface area contributed by atoms with Crippen molar-refractivity contribution in [2.45, 2.75) is 55.4 Å². The van der Waals surface area contributed by atoms with Crippen LogP contribution < -0.4 is 0 Å². The fourth-order valence-electron chi connectivity index (χ4n) is 6.68. The number of hydrogen-bond acceptors (Lipinski definition) is 4. The molecule has 0 radical (unpaired) electrons. The third-order valence-corrected chi connectivity index (χ3v) is 11.6. The van der Waals surface area contributed by atoms with Crippen LogP contribution in [0.2, 0.25) is 0 Å². The van der Waals surface area contributed by atoms with Crippen molar-refractivity contribution in [3.05, 3.63) is 113 Å². The van der Waals surface area contributed by atoms with Crippen molar-refractivity contribution in [1.29, 1.82) is 0 Å². The fourth-order valence-corrected chi connectivity index (χ4v) is 8.23. The Morgan fingerprint density at radius 2 is 1.70 bits per heavy atom. The zero-order valence-corrected chi connectivity index (χ0v) is 24.7. The molecule has 220 valence electrons. The van der Waals surface area contributed by atoms with E-state index in [-0.39, 0.29) is 17.6 Å². The van der Waals surface area contributed by atoms with Crippen LogP contribution in [-0.2, 0) is 16.1 Å². The van der Waals surface area contributed by atoms with Crippen LogP contribution in [-0.4, -0.2) is 48.0 Å². The van der Waals surface area contributed by atoms with Crippen molar-refractivity contribution in [2.75, 3.05) is 7.05 Å². The van der Waals surface area contributed by atoms with E-state index in [2.05, 4.69) is 22.0 Å². The minimum atomic E-state index is -2.94. The third-order valence-electron chi connectivity index (χ3n) is 9.37. The number of allylic oxidation sites excluding steroid dienone is 1. The quantitative estimate of drug-likeness (QED) is 0.182. The highest BCUT2D eigenvalue weighted by atomic mass is 32.2. The van der Waals surface area contributed by atoms with E-state index in [1.807, 2.05) is 18.3 Å². The molecular formula is C34H32F2N4O2S. The van der Waals surface area contributed by atoms with Gasteiger partial charge < -0.3 is 0 Å². The molecule has 6 nitrogen and oxygen atoms in total. The van der Waals surface area contributed by atoms with Crippen molar-refractivity contribution >= 4 is 27.4 Å². The van der Waals surface area contributed by atoms with Crippen LogP contribution in [0.4, 0.5) is 8.78 Å². The summed E-state index contributed by atoms with van der Waals surface area (Å²) in [7, 11) is -1.16. The average Bonchev–Trinajstić information content (AvgIpc) is 3.80. The number of hydrogen-bond donors (Lipinski definition) is 0. The summed E-state index contributed by atoms with van der Waals surface area (Å²) in [6.07, 6.45) is 10.1. The minimum Gasteiger partial charge on any atom is -0.291 e. The molecule has 0 amide bonds. The molecule has 0 bridgehead atoms. The first-order chi connectivity index (χ1) is 20.7. The van der Waals surface area contributed by atoms with Gasteiger partial charge in [0.1, 0.15) is 17.3 Å². The smallest absolute Gasteiger partial charge is 0.191 e. The Bertz CT molecular complexity index is 1840. The number of nitrogens with zero attached hydrogens (tertiary/aromatic N) is 4. The van der Waals surface area contributed by atoms with Crippen molar-refractivity contribution in [3.63, 3.8) is 0 Å². The number of fused-ring (bicyclic) bond motifs is 2. The molecule has 0 saturated heterocycles. The zero-order chi connectivity index (χ0) is 29.9. The molecule has 3 atom stereocenters. The number of halogens is 2. The molecule has 2 heterocycles. The molecular weight excluding hydrogens is 566 g/mol. The molecule has 2 aromatic heterocycles. The van der Waals surface area contributed by atoms with Gasteiger partial charge in [0.05, 0.1) is 32.7 Å². The normalized spacial score (nSPS) is 22.8. The molecule has 3 aliphatic rings. The number of carbonyl (C=O) groups excluding carboxylic acids is 1. The highest BCUT2D eigenvalue weighted by molar-refractivity contribution is 7.98. The van der Waals surface area contributed by atoms with E-state index in [0.29, 0.717) is 42.2 Å². The molecule has 0 N–H and O–H groups in total. The second-order valence-corrected chi connectivity index (χ2v) is 14.3. The number of ketones is 1. The number of rotatable bonds is 7. The fraction of sp³-hybridized carbons (Fsp3) is 0.294. The maximum Gasteiger partial charge on any atom is 0.191 e. The van der Waals surface area contributed by atoms with Gasteiger partial charge in [-0.15, -0.1) is 0 Å². The van der Waals surface area contributed by atoms with Gasteiger partial charge in [-0.1, -0.05) is 11.6 Å². The first-order valence-corrected chi connectivity index (χ1v) is 16.2. The number of pyridine rings is 1. The van der Waals surface area contributed by atoms with E-state index in [9.17, 15) is 17.8 Å². The maximum absolute atomic E-state index is 14.6. The summed E-state index contributed by atoms with van der Waals surface area (Å²) in [6, 6.07) is 15.4. The molecule has 2 fully saturated rings. The van der Waals surface area contributed by atoms with Crippen LogP contribution in [0, 0.1) is 17.0 Å². The van der Waals surface area contributed by atoms with Gasteiger partial charge in [-0.2, -0.15) is 5.10 Å². The predicted molar refractivity (Wildman–Crippen MR) is 164 cm³/mol. The Labute approximate surface area is 250 Å². The highest BCUT2D eigenvalue weighted by Crippen LogP contribution is 2.51. The summed E-state index contributed by atoms with van der Waals surface area (Å²) in [6.45, 7) is 0. The molecule has 43 heavy (non-hydrogen) atoms. The molecule has 2 aromatic carbocycles. The van der Waals surface area contributed by atoms with E-state index < -0.39 is 20.9 Å². The molecule has 0 aliphatic heterocycles. The Morgan fingerprint density at radius 1 is 1.00 bits per heavy atom. The van der Waals surface area contributed by atoms with Crippen LogP contribution >= 0.6 is 0 Å². The molecule has 1 unspecified atom stereocenters. The van der Waals surface area contributed by atoms with Crippen molar-refractivity contribution in [2.24, 2.45) is 5.41 Å². The first kappa shape index (κ1) is 27.9. The SMILES string of the molecule is C=S(=O)(c1ccc(F)cc1)N(C)[C@H]1CCC2=Cc3c(cnn3-c3ccc(F)cc3)C[C@]2(C(=O)c2ccc(C3CC3)cn2)C1. The van der Waals surface area contributed by atoms with Crippen LogP contribution in [0.1, 0.15) is 65.3 Å². The van der Waals surface area contributed by atoms with Gasteiger partial charge in [0, 0.05) is 17.1 Å². The maximum atomic E-state index is 14.6. The standard InChI is InChI=1S/C34H32F2N4O2S/c1-39(43(2,42)30-14-9-27(36)10-15-30)29-11-6-25-17-32-24(21-38-40(32)28-12-7-26(35)8-13-28)18-34(25,19-29)33(41)31-16-5-23(20-37-31)22-3-4-22/h5,7-10,12-17,20-22,29H,2-4,6,11,18-19H2,1H3/t29-,34-,43?/m0/s1. The first-order valence-electron chi connectivity index (χ1n) is 14.6. The molecule has 7 rings (SSSR count). The van der Waals surface area contributed by atoms with Crippen LogP contribution in [0.25, 0.3) is 11.8 Å². The summed E-state index contributed by atoms with van der Waals surface area (Å²) < 4.78 is 44.9. The lowest BCUT2D eigenvalue weighted by Crippen LogP contribution is -2.49. The Hall–Kier alpha value is -3.95. The summed E-state index contributed by atoms with van der Waals surface area (Å²) in [5, 5.41) is 4.62. The number of Topliss-reactive ketones (excluding diaryl/α,β-unsaturated/α-hetero) is 1. The summed E-state index contributed by atoms with van der Waals surface area (Å²) in [4.78, 5) is 19.7. The Balaban J connectivity index is 1.28. The van der Waals surface area contributed by atoms with Gasteiger partial charge in [0.25, 0.3) is 0 Å². The van der Waals surface area contributed by atoms with Gasteiger partial charge in [0.2, 0.25) is 0 Å². The van der Waals surface area contributed by atoms with E-state index >= 15 is 0 Å². The minimum absolute atomic E-state index is 0.0586. The van der Waals surface area contributed by atoms with Crippen LogP contribution in [0.15, 0.2) is 83.5 Å². The Morgan fingerprint density at radius 3 is 2.35 bits per heavy atom. The number of aromatic nitrogens is 3. The van der Waals surface area contributed by atoms with Gasteiger partial charge in [-0.25, -0.2) is 22.0 Å². The van der Waals surface area contributed by atoms with Gasteiger partial charge in [0.15, 0.2) is 5.78 Å². The summed E-state index contributed by atoms with van der Waals surface area (Å²) in [5.41, 5.74) is 4.18. The number of carbonyl (C=O) groups is 1. The molecule has 9 heteroatoms. The monoisotopic (exact) mass is 598 g/mol. The van der Waals surface area contributed by atoms with Crippen molar-refractivity contribution in [1.82, 2.24) is 19.1 Å². The molecule has 2 saturated carbocycles. The van der Waals surface area contributed by atoms with Crippen LogP contribution in [0.5, 0.6) is 0 Å². The summed E-state index contributed by atoms with van der Waals surface area (Å²) in [5.74, 6) is 3.81. The van der Waals surface area contributed by atoms with Gasteiger partial charge in [-0.05, 0) is 129 Å². The van der Waals surface area contributed by atoms with E-state index in [4.69, 9.17) is 0 Å². The average molecular weight is 599 g/mol. The predicted octanol–water partition coefficient (Wildman–Crippen LogP) is 6.41. The topological polar surface area (TPSA) is 68.1 Å². The second kappa shape index (κ2) is 10.3. The largest absolute Gasteiger partial charge is 0.291 e. The van der Waals surface area contributed by atoms with E-state index in [1.54, 1.807) is 34.4 Å². The Kier molecular flexibility index (Phi) is 6.70. The van der Waals surface area contributed by atoms with Crippen molar-refractivity contribution in [3.8, 4) is 5.69 Å². The van der Waals surface area contributed by atoms with Gasteiger partial charge in [-0.3, -0.25) is 9.78 Å². The highest BCUT2D eigenvalue weighted by Gasteiger charge is 2.50. The van der Waals surface area contributed by atoms with E-state index in [0.717, 1.165) is 40.9 Å². The zero-order valence-electron chi connectivity index (χ0n) is 23.9. The molecule has 4 aromatic rings. The van der Waals surface area contributed by atoms with Crippen molar-refractivity contribution < 1.29 is 17.8 Å². The molecule has 3 aliphatic carbocycles.